The highest BCUT2D eigenvalue weighted by Gasteiger charge is 2.11. The molecule has 0 aliphatic carbocycles. The van der Waals surface area contributed by atoms with E-state index in [4.69, 9.17) is 16.3 Å². The van der Waals surface area contributed by atoms with Gasteiger partial charge in [-0.05, 0) is 42.0 Å². The lowest BCUT2D eigenvalue weighted by atomic mass is 10.1. The van der Waals surface area contributed by atoms with Crippen molar-refractivity contribution < 1.29 is 9.53 Å². The van der Waals surface area contributed by atoms with Crippen LogP contribution in [-0.4, -0.2) is 37.1 Å². The quantitative estimate of drug-likeness (QED) is 0.934. The van der Waals surface area contributed by atoms with E-state index < -0.39 is 0 Å². The Morgan fingerprint density at radius 1 is 1.04 bits per heavy atom. The van der Waals surface area contributed by atoms with Gasteiger partial charge in [-0.2, -0.15) is 0 Å². The minimum absolute atomic E-state index is 0.136. The fourth-order valence-electron chi connectivity index (χ4n) is 2.52. The molecule has 4 nitrogen and oxygen atoms in total. The van der Waals surface area contributed by atoms with Crippen molar-refractivity contribution in [2.45, 2.75) is 6.54 Å². The Morgan fingerprint density at radius 2 is 1.70 bits per heavy atom. The standard InChI is InChI=1S/C18H19ClN2O2/c19-16-5-3-15(4-6-16)18(22)20-17-7-1-14(2-8-17)13-21-9-11-23-12-10-21/h1-8H,9-13H2,(H,20,22). The molecule has 2 aromatic carbocycles. The lowest BCUT2D eigenvalue weighted by Crippen LogP contribution is -2.35. The van der Waals surface area contributed by atoms with E-state index in [2.05, 4.69) is 10.2 Å². The molecule has 1 heterocycles. The van der Waals surface area contributed by atoms with Gasteiger partial charge >= 0.3 is 0 Å². The lowest BCUT2D eigenvalue weighted by molar-refractivity contribution is 0.0342. The van der Waals surface area contributed by atoms with Crippen molar-refractivity contribution in [3.8, 4) is 0 Å². The Kier molecular flexibility index (Phi) is 5.28. The topological polar surface area (TPSA) is 41.6 Å². The molecule has 1 saturated heterocycles. The summed E-state index contributed by atoms with van der Waals surface area (Å²) < 4.78 is 5.35. The molecule has 1 fully saturated rings. The van der Waals surface area contributed by atoms with Gasteiger partial charge in [0.05, 0.1) is 13.2 Å². The predicted octanol–water partition coefficient (Wildman–Crippen LogP) is 3.42. The van der Waals surface area contributed by atoms with Crippen molar-refractivity contribution in [2.24, 2.45) is 0 Å². The number of amides is 1. The Morgan fingerprint density at radius 3 is 2.35 bits per heavy atom. The predicted molar refractivity (Wildman–Crippen MR) is 91.9 cm³/mol. The van der Waals surface area contributed by atoms with Crippen LogP contribution < -0.4 is 5.32 Å². The highest BCUT2D eigenvalue weighted by molar-refractivity contribution is 6.30. The summed E-state index contributed by atoms with van der Waals surface area (Å²) >= 11 is 5.83. The molecule has 0 aromatic heterocycles. The number of carbonyl (C=O) groups is 1. The zero-order chi connectivity index (χ0) is 16.1. The normalized spacial score (nSPS) is 15.3. The first kappa shape index (κ1) is 16.0. The Balaban J connectivity index is 1.58. The van der Waals surface area contributed by atoms with Crippen LogP contribution in [0.25, 0.3) is 0 Å². The Labute approximate surface area is 141 Å². The molecule has 1 amide bonds. The number of nitrogens with one attached hydrogen (secondary N) is 1. The second-order valence-corrected chi connectivity index (χ2v) is 5.98. The van der Waals surface area contributed by atoms with Gasteiger partial charge in [0.25, 0.3) is 5.91 Å². The third-order valence-electron chi connectivity index (χ3n) is 3.83. The number of ether oxygens (including phenoxy) is 1. The van der Waals surface area contributed by atoms with E-state index in [1.54, 1.807) is 24.3 Å². The minimum atomic E-state index is -0.136. The smallest absolute Gasteiger partial charge is 0.255 e. The fraction of sp³-hybridized carbons (Fsp3) is 0.278. The highest BCUT2D eigenvalue weighted by Crippen LogP contribution is 2.15. The summed E-state index contributed by atoms with van der Waals surface area (Å²) in [6.45, 7) is 4.45. The van der Waals surface area contributed by atoms with Crippen LogP contribution in [0.1, 0.15) is 15.9 Å². The number of rotatable bonds is 4. The fourth-order valence-corrected chi connectivity index (χ4v) is 2.64. The Hall–Kier alpha value is -1.88. The van der Waals surface area contributed by atoms with Gasteiger partial charge in [0.1, 0.15) is 0 Å². The zero-order valence-electron chi connectivity index (χ0n) is 12.8. The van der Waals surface area contributed by atoms with Crippen LogP contribution in [0.15, 0.2) is 48.5 Å². The van der Waals surface area contributed by atoms with Crippen LogP contribution >= 0.6 is 11.6 Å². The van der Waals surface area contributed by atoms with E-state index in [1.807, 2.05) is 24.3 Å². The van der Waals surface area contributed by atoms with Gasteiger partial charge in [-0.25, -0.2) is 0 Å². The summed E-state index contributed by atoms with van der Waals surface area (Å²) in [6, 6.07) is 14.8. The molecule has 5 heteroatoms. The molecule has 0 unspecified atom stereocenters. The molecule has 0 saturated carbocycles. The van der Waals surface area contributed by atoms with Gasteiger partial charge in [-0.1, -0.05) is 23.7 Å². The number of carbonyl (C=O) groups excluding carboxylic acids is 1. The summed E-state index contributed by atoms with van der Waals surface area (Å²) in [6.07, 6.45) is 0. The monoisotopic (exact) mass is 330 g/mol. The number of hydrogen-bond donors (Lipinski definition) is 1. The molecule has 1 aliphatic heterocycles. The van der Waals surface area contributed by atoms with E-state index in [9.17, 15) is 4.79 Å². The van der Waals surface area contributed by atoms with Crippen LogP contribution in [0.3, 0.4) is 0 Å². The minimum Gasteiger partial charge on any atom is -0.379 e. The maximum Gasteiger partial charge on any atom is 0.255 e. The number of anilines is 1. The molecule has 1 N–H and O–H groups in total. The third kappa shape index (κ3) is 4.55. The summed E-state index contributed by atoms with van der Waals surface area (Å²) in [4.78, 5) is 14.5. The number of benzene rings is 2. The maximum absolute atomic E-state index is 12.2. The molecule has 1 aliphatic rings. The summed E-state index contributed by atoms with van der Waals surface area (Å²) in [5, 5.41) is 3.51. The van der Waals surface area contributed by atoms with Crippen LogP contribution in [0.2, 0.25) is 5.02 Å². The lowest BCUT2D eigenvalue weighted by Gasteiger charge is -2.26. The average molecular weight is 331 g/mol. The summed E-state index contributed by atoms with van der Waals surface area (Å²) in [5.74, 6) is -0.136. The van der Waals surface area contributed by atoms with Gasteiger partial charge in [0.15, 0.2) is 0 Å². The van der Waals surface area contributed by atoms with E-state index in [-0.39, 0.29) is 5.91 Å². The van der Waals surface area contributed by atoms with E-state index in [0.29, 0.717) is 10.6 Å². The average Bonchev–Trinajstić information content (AvgIpc) is 2.58. The molecule has 0 radical (unpaired) electrons. The van der Waals surface area contributed by atoms with Crippen molar-refractivity contribution >= 4 is 23.2 Å². The number of nitrogens with zero attached hydrogens (tertiary/aromatic N) is 1. The third-order valence-corrected chi connectivity index (χ3v) is 4.08. The second kappa shape index (κ2) is 7.59. The summed E-state index contributed by atoms with van der Waals surface area (Å²) in [7, 11) is 0. The number of halogens is 1. The van der Waals surface area contributed by atoms with Crippen LogP contribution in [-0.2, 0) is 11.3 Å². The second-order valence-electron chi connectivity index (χ2n) is 5.55. The maximum atomic E-state index is 12.2. The molecular weight excluding hydrogens is 312 g/mol. The van der Waals surface area contributed by atoms with Crippen molar-refractivity contribution in [1.82, 2.24) is 4.90 Å². The molecule has 2 aromatic rings. The van der Waals surface area contributed by atoms with Gasteiger partial charge in [0.2, 0.25) is 0 Å². The Bertz CT molecular complexity index is 650. The molecule has 23 heavy (non-hydrogen) atoms. The van der Waals surface area contributed by atoms with Gasteiger partial charge in [-0.3, -0.25) is 9.69 Å². The number of morpholine rings is 1. The SMILES string of the molecule is O=C(Nc1ccc(CN2CCOCC2)cc1)c1ccc(Cl)cc1. The van der Waals surface area contributed by atoms with Gasteiger partial charge in [0, 0.05) is 35.9 Å². The molecular formula is C18H19ClN2O2. The first-order valence-electron chi connectivity index (χ1n) is 7.67. The van der Waals surface area contributed by atoms with Crippen molar-refractivity contribution in [2.75, 3.05) is 31.6 Å². The first-order valence-corrected chi connectivity index (χ1v) is 8.04. The van der Waals surface area contributed by atoms with E-state index >= 15 is 0 Å². The van der Waals surface area contributed by atoms with E-state index in [0.717, 1.165) is 38.5 Å². The van der Waals surface area contributed by atoms with Crippen LogP contribution in [0.4, 0.5) is 5.69 Å². The zero-order valence-corrected chi connectivity index (χ0v) is 13.6. The van der Waals surface area contributed by atoms with Crippen LogP contribution in [0, 0.1) is 0 Å². The number of hydrogen-bond acceptors (Lipinski definition) is 3. The molecule has 3 rings (SSSR count). The van der Waals surface area contributed by atoms with Crippen molar-refractivity contribution in [1.29, 1.82) is 0 Å². The summed E-state index contributed by atoms with van der Waals surface area (Å²) in [5.41, 5.74) is 2.61. The largest absolute Gasteiger partial charge is 0.379 e. The van der Waals surface area contributed by atoms with Crippen LogP contribution in [0.5, 0.6) is 0 Å². The van der Waals surface area contributed by atoms with Crippen molar-refractivity contribution in [3.05, 3.63) is 64.7 Å². The van der Waals surface area contributed by atoms with Crippen molar-refractivity contribution in [3.63, 3.8) is 0 Å². The molecule has 0 spiro atoms. The molecule has 0 bridgehead atoms. The first-order chi connectivity index (χ1) is 11.2. The molecule has 0 atom stereocenters. The van der Waals surface area contributed by atoms with Gasteiger partial charge < -0.3 is 10.1 Å². The van der Waals surface area contributed by atoms with E-state index in [1.165, 1.54) is 5.56 Å². The molecule has 120 valence electrons. The highest BCUT2D eigenvalue weighted by atomic mass is 35.5. The van der Waals surface area contributed by atoms with Gasteiger partial charge in [-0.15, -0.1) is 0 Å².